The molecule has 1 aromatic carbocycles. The molecule has 0 aliphatic carbocycles. The smallest absolute Gasteiger partial charge is 0.246 e. The molecule has 1 amide bonds. The number of carbonyl (C=O) groups excluding carboxylic acids is 1. The summed E-state index contributed by atoms with van der Waals surface area (Å²) in [6.45, 7) is 4.84. The molecule has 27 heavy (non-hydrogen) atoms. The van der Waals surface area contributed by atoms with E-state index in [4.69, 9.17) is 4.74 Å². The van der Waals surface area contributed by atoms with Crippen molar-refractivity contribution >= 4 is 21.6 Å². The zero-order chi connectivity index (χ0) is 19.3. The maximum Gasteiger partial charge on any atom is 0.246 e. The third-order valence-corrected chi connectivity index (χ3v) is 7.03. The predicted molar refractivity (Wildman–Crippen MR) is 104 cm³/mol. The minimum atomic E-state index is -3.65. The molecule has 2 heterocycles. The highest BCUT2D eigenvalue weighted by Crippen LogP contribution is 2.31. The average Bonchev–Trinajstić information content (AvgIpc) is 2.70. The SMILES string of the molecule is CCOc1ccc(NC(=O)C2CCCNC2)cc1S(=O)(=O)N1CCCCC1. The quantitative estimate of drug-likeness (QED) is 0.771. The van der Waals surface area contributed by atoms with Crippen molar-refractivity contribution < 1.29 is 17.9 Å². The first-order valence-electron chi connectivity index (χ1n) is 9.81. The molecule has 1 unspecified atom stereocenters. The van der Waals surface area contributed by atoms with Crippen LogP contribution in [0.4, 0.5) is 5.69 Å². The van der Waals surface area contributed by atoms with Crippen molar-refractivity contribution in [1.29, 1.82) is 0 Å². The van der Waals surface area contributed by atoms with Gasteiger partial charge in [0.1, 0.15) is 10.6 Å². The van der Waals surface area contributed by atoms with Crippen molar-refractivity contribution in [2.75, 3.05) is 38.1 Å². The minimum absolute atomic E-state index is 0.0762. The Balaban J connectivity index is 1.84. The number of nitrogens with one attached hydrogen (secondary N) is 2. The fraction of sp³-hybridized carbons (Fsp3) is 0.632. The van der Waals surface area contributed by atoms with Crippen LogP contribution in [-0.2, 0) is 14.8 Å². The summed E-state index contributed by atoms with van der Waals surface area (Å²) in [6.07, 6.45) is 4.60. The number of nitrogens with zero attached hydrogens (tertiary/aromatic N) is 1. The second-order valence-corrected chi connectivity index (χ2v) is 9.00. The summed E-state index contributed by atoms with van der Waals surface area (Å²) < 4.78 is 33.4. The second-order valence-electron chi connectivity index (χ2n) is 7.09. The highest BCUT2D eigenvalue weighted by atomic mass is 32.2. The van der Waals surface area contributed by atoms with Gasteiger partial charge in [-0.2, -0.15) is 4.31 Å². The molecule has 1 atom stereocenters. The monoisotopic (exact) mass is 395 g/mol. The maximum absolute atomic E-state index is 13.1. The molecule has 2 saturated heterocycles. The summed E-state index contributed by atoms with van der Waals surface area (Å²) in [5.74, 6) is 0.167. The van der Waals surface area contributed by atoms with E-state index in [1.54, 1.807) is 12.1 Å². The molecule has 3 rings (SSSR count). The number of hydrogen-bond donors (Lipinski definition) is 2. The Morgan fingerprint density at radius 3 is 2.70 bits per heavy atom. The lowest BCUT2D eigenvalue weighted by Crippen LogP contribution is -2.37. The molecular weight excluding hydrogens is 366 g/mol. The summed E-state index contributed by atoms with van der Waals surface area (Å²) in [7, 11) is -3.65. The summed E-state index contributed by atoms with van der Waals surface area (Å²) in [5, 5.41) is 6.10. The van der Waals surface area contributed by atoms with Gasteiger partial charge in [-0.05, 0) is 57.4 Å². The summed E-state index contributed by atoms with van der Waals surface area (Å²) in [4.78, 5) is 12.6. The van der Waals surface area contributed by atoms with Crippen LogP contribution in [0.15, 0.2) is 23.1 Å². The molecule has 7 nitrogen and oxygen atoms in total. The molecule has 0 spiro atoms. The van der Waals surface area contributed by atoms with Gasteiger partial charge in [0.25, 0.3) is 0 Å². The van der Waals surface area contributed by atoms with E-state index in [2.05, 4.69) is 10.6 Å². The summed E-state index contributed by atoms with van der Waals surface area (Å²) in [6, 6.07) is 4.87. The van der Waals surface area contributed by atoms with Crippen molar-refractivity contribution in [2.24, 2.45) is 5.92 Å². The molecule has 2 fully saturated rings. The largest absolute Gasteiger partial charge is 0.492 e. The van der Waals surface area contributed by atoms with Crippen LogP contribution < -0.4 is 15.4 Å². The highest BCUT2D eigenvalue weighted by Gasteiger charge is 2.30. The zero-order valence-corrected chi connectivity index (χ0v) is 16.7. The lowest BCUT2D eigenvalue weighted by Gasteiger charge is -2.27. The van der Waals surface area contributed by atoms with E-state index < -0.39 is 10.0 Å². The van der Waals surface area contributed by atoms with Gasteiger partial charge in [0.2, 0.25) is 15.9 Å². The van der Waals surface area contributed by atoms with Crippen molar-refractivity contribution in [2.45, 2.75) is 43.9 Å². The standard InChI is InChI=1S/C19H29N3O4S/c1-2-26-17-9-8-16(21-19(23)15-7-6-10-20-14-15)13-18(17)27(24,25)22-11-4-3-5-12-22/h8-9,13,15,20H,2-7,10-12,14H2,1H3,(H,21,23). The molecule has 2 N–H and O–H groups in total. The number of hydrogen-bond acceptors (Lipinski definition) is 5. The Hall–Kier alpha value is -1.64. The number of sulfonamides is 1. The van der Waals surface area contributed by atoms with Crippen LogP contribution in [0, 0.1) is 5.92 Å². The van der Waals surface area contributed by atoms with Gasteiger partial charge in [-0.3, -0.25) is 4.79 Å². The Bertz CT molecular complexity index is 754. The molecule has 0 aromatic heterocycles. The molecule has 2 aliphatic heterocycles. The Kier molecular flexibility index (Phi) is 6.73. The molecule has 8 heteroatoms. The number of piperidine rings is 2. The van der Waals surface area contributed by atoms with Gasteiger partial charge in [-0.25, -0.2) is 8.42 Å². The number of anilines is 1. The van der Waals surface area contributed by atoms with E-state index in [0.717, 1.165) is 38.6 Å². The predicted octanol–water partition coefficient (Wildman–Crippen LogP) is 2.20. The van der Waals surface area contributed by atoms with Gasteiger partial charge in [0, 0.05) is 25.3 Å². The van der Waals surface area contributed by atoms with E-state index in [1.807, 2.05) is 6.92 Å². The highest BCUT2D eigenvalue weighted by molar-refractivity contribution is 7.89. The molecule has 0 saturated carbocycles. The topological polar surface area (TPSA) is 87.7 Å². The Morgan fingerprint density at radius 1 is 1.26 bits per heavy atom. The van der Waals surface area contributed by atoms with E-state index in [-0.39, 0.29) is 16.7 Å². The normalized spacial score (nSPS) is 21.6. The summed E-state index contributed by atoms with van der Waals surface area (Å²) >= 11 is 0. The van der Waals surface area contributed by atoms with Gasteiger partial charge in [-0.15, -0.1) is 0 Å². The lowest BCUT2D eigenvalue weighted by molar-refractivity contribution is -0.120. The number of amides is 1. The molecule has 0 radical (unpaired) electrons. The Morgan fingerprint density at radius 2 is 2.04 bits per heavy atom. The van der Waals surface area contributed by atoms with Crippen molar-refractivity contribution in [3.63, 3.8) is 0 Å². The number of ether oxygens (including phenoxy) is 1. The van der Waals surface area contributed by atoms with E-state index in [9.17, 15) is 13.2 Å². The first-order valence-corrected chi connectivity index (χ1v) is 11.2. The van der Waals surface area contributed by atoms with Crippen LogP contribution >= 0.6 is 0 Å². The second kappa shape index (κ2) is 9.03. The van der Waals surface area contributed by atoms with Crippen LogP contribution in [0.5, 0.6) is 5.75 Å². The third-order valence-electron chi connectivity index (χ3n) is 5.11. The molecule has 150 valence electrons. The van der Waals surface area contributed by atoms with Gasteiger partial charge in [0.15, 0.2) is 0 Å². The lowest BCUT2D eigenvalue weighted by atomic mass is 9.99. The average molecular weight is 396 g/mol. The molecule has 0 bridgehead atoms. The first kappa shape index (κ1) is 20.1. The van der Waals surface area contributed by atoms with E-state index in [0.29, 0.717) is 37.7 Å². The van der Waals surface area contributed by atoms with Crippen LogP contribution in [0.1, 0.15) is 39.0 Å². The summed E-state index contributed by atoms with van der Waals surface area (Å²) in [5.41, 5.74) is 0.490. The van der Waals surface area contributed by atoms with Crippen LogP contribution in [0.25, 0.3) is 0 Å². The van der Waals surface area contributed by atoms with Crippen LogP contribution in [0.3, 0.4) is 0 Å². The third kappa shape index (κ3) is 4.80. The van der Waals surface area contributed by atoms with Crippen molar-refractivity contribution in [3.8, 4) is 5.75 Å². The number of rotatable bonds is 6. The first-order chi connectivity index (χ1) is 13.0. The number of benzene rings is 1. The van der Waals surface area contributed by atoms with Gasteiger partial charge < -0.3 is 15.4 Å². The number of carbonyl (C=O) groups is 1. The molecule has 2 aliphatic rings. The van der Waals surface area contributed by atoms with Gasteiger partial charge >= 0.3 is 0 Å². The Labute approximate surface area is 161 Å². The van der Waals surface area contributed by atoms with Crippen molar-refractivity contribution in [1.82, 2.24) is 9.62 Å². The van der Waals surface area contributed by atoms with E-state index in [1.165, 1.54) is 10.4 Å². The van der Waals surface area contributed by atoms with E-state index >= 15 is 0 Å². The molecule has 1 aromatic rings. The van der Waals surface area contributed by atoms with Gasteiger partial charge in [-0.1, -0.05) is 6.42 Å². The fourth-order valence-electron chi connectivity index (χ4n) is 3.63. The fourth-order valence-corrected chi connectivity index (χ4v) is 5.30. The zero-order valence-electron chi connectivity index (χ0n) is 15.9. The van der Waals surface area contributed by atoms with Crippen molar-refractivity contribution in [3.05, 3.63) is 18.2 Å². The minimum Gasteiger partial charge on any atom is -0.492 e. The maximum atomic E-state index is 13.1. The molecular formula is C19H29N3O4S. The van der Waals surface area contributed by atoms with Gasteiger partial charge in [0.05, 0.1) is 12.5 Å². The van der Waals surface area contributed by atoms with Crippen LogP contribution in [-0.4, -0.2) is 51.4 Å². The van der Waals surface area contributed by atoms with Crippen LogP contribution in [0.2, 0.25) is 0 Å².